The van der Waals surface area contributed by atoms with E-state index in [0.29, 0.717) is 6.42 Å². The topological polar surface area (TPSA) is 90.9 Å². The maximum absolute atomic E-state index is 13.2. The molecular formula is C19H30NO6P. The Labute approximate surface area is 161 Å². The lowest BCUT2D eigenvalue weighted by Gasteiger charge is -2.27. The van der Waals surface area contributed by atoms with Crippen LogP contribution in [0.5, 0.6) is 0 Å². The molecule has 152 valence electrons. The summed E-state index contributed by atoms with van der Waals surface area (Å²) in [5.74, 6) is -1.58. The zero-order chi connectivity index (χ0) is 20.4. The van der Waals surface area contributed by atoms with Crippen LogP contribution in [-0.2, 0) is 30.0 Å². The Morgan fingerprint density at radius 1 is 1.11 bits per heavy atom. The number of hydrogen-bond donors (Lipinski definition) is 1. The van der Waals surface area contributed by atoms with Crippen molar-refractivity contribution < 1.29 is 28.2 Å². The second kappa shape index (κ2) is 11.1. The highest BCUT2D eigenvalue weighted by Crippen LogP contribution is 2.52. The van der Waals surface area contributed by atoms with Gasteiger partial charge in [-0.15, -0.1) is 0 Å². The fourth-order valence-corrected chi connectivity index (χ4v) is 4.71. The highest BCUT2D eigenvalue weighted by Gasteiger charge is 2.37. The van der Waals surface area contributed by atoms with Crippen LogP contribution in [0.1, 0.15) is 32.8 Å². The Kier molecular flexibility index (Phi) is 9.53. The quantitative estimate of drug-likeness (QED) is 0.472. The second-order valence-corrected chi connectivity index (χ2v) is 9.78. The van der Waals surface area contributed by atoms with E-state index in [-0.39, 0.29) is 18.7 Å². The highest BCUT2D eigenvalue weighted by molar-refractivity contribution is 7.59. The summed E-state index contributed by atoms with van der Waals surface area (Å²) in [6.07, 6.45) is -0.179. The van der Waals surface area contributed by atoms with Crippen molar-refractivity contribution in [2.24, 2.45) is 11.8 Å². The first-order valence-electron chi connectivity index (χ1n) is 8.91. The van der Waals surface area contributed by atoms with Crippen LogP contribution < -0.4 is 5.32 Å². The van der Waals surface area contributed by atoms with Crippen molar-refractivity contribution in [2.45, 2.75) is 39.6 Å². The number of esters is 1. The Morgan fingerprint density at radius 2 is 1.74 bits per heavy atom. The predicted molar refractivity (Wildman–Crippen MR) is 104 cm³/mol. The number of ether oxygens (including phenoxy) is 2. The number of nitrogens with one attached hydrogen (secondary N) is 1. The third-order valence-electron chi connectivity index (χ3n) is 4.20. The Morgan fingerprint density at radius 3 is 2.26 bits per heavy atom. The van der Waals surface area contributed by atoms with Crippen LogP contribution >= 0.6 is 7.37 Å². The molecule has 0 aliphatic rings. The van der Waals surface area contributed by atoms with Gasteiger partial charge in [-0.25, -0.2) is 4.79 Å². The summed E-state index contributed by atoms with van der Waals surface area (Å²) in [5.41, 5.74) is 0.845. The van der Waals surface area contributed by atoms with Crippen molar-refractivity contribution in [1.29, 1.82) is 0 Å². The van der Waals surface area contributed by atoms with Crippen LogP contribution in [0.4, 0.5) is 4.79 Å². The lowest BCUT2D eigenvalue weighted by Crippen LogP contribution is -2.35. The maximum atomic E-state index is 13.2. The first-order valence-corrected chi connectivity index (χ1v) is 10.8. The van der Waals surface area contributed by atoms with Gasteiger partial charge in [0.15, 0.2) is 0 Å². The van der Waals surface area contributed by atoms with Gasteiger partial charge in [0.1, 0.15) is 12.4 Å². The summed E-state index contributed by atoms with van der Waals surface area (Å²) >= 11 is 0. The summed E-state index contributed by atoms with van der Waals surface area (Å²) in [6.45, 7) is 5.62. The number of benzene rings is 1. The number of carbonyl (C=O) groups excluding carboxylic acids is 2. The summed E-state index contributed by atoms with van der Waals surface area (Å²) in [4.78, 5) is 24.1. The minimum absolute atomic E-state index is 0.00547. The van der Waals surface area contributed by atoms with Gasteiger partial charge in [0.25, 0.3) is 0 Å². The van der Waals surface area contributed by atoms with E-state index in [9.17, 15) is 14.2 Å². The molecule has 1 N–H and O–H groups in total. The molecular weight excluding hydrogens is 369 g/mol. The first-order chi connectivity index (χ1) is 12.7. The average molecular weight is 399 g/mol. The molecule has 0 bridgehead atoms. The van der Waals surface area contributed by atoms with Crippen molar-refractivity contribution in [1.82, 2.24) is 5.32 Å². The fourth-order valence-electron chi connectivity index (χ4n) is 2.71. The molecule has 0 fully saturated rings. The predicted octanol–water partition coefficient (Wildman–Crippen LogP) is 4.02. The number of rotatable bonds is 10. The molecule has 1 aromatic carbocycles. The zero-order valence-electron chi connectivity index (χ0n) is 16.6. The van der Waals surface area contributed by atoms with Crippen LogP contribution in [0, 0.1) is 11.8 Å². The minimum Gasteiger partial charge on any atom is -0.469 e. The molecule has 27 heavy (non-hydrogen) atoms. The van der Waals surface area contributed by atoms with E-state index in [1.54, 1.807) is 6.92 Å². The molecule has 0 aliphatic carbocycles. The van der Waals surface area contributed by atoms with Crippen molar-refractivity contribution in [3.63, 3.8) is 0 Å². The molecule has 0 radical (unpaired) electrons. The van der Waals surface area contributed by atoms with E-state index < -0.39 is 31.1 Å². The molecule has 8 heteroatoms. The molecule has 0 saturated heterocycles. The van der Waals surface area contributed by atoms with Gasteiger partial charge in [-0.1, -0.05) is 44.2 Å². The zero-order valence-corrected chi connectivity index (χ0v) is 17.5. The largest absolute Gasteiger partial charge is 0.469 e. The Hall–Kier alpha value is -1.85. The van der Waals surface area contributed by atoms with Gasteiger partial charge in [0, 0.05) is 13.3 Å². The molecule has 0 aliphatic heterocycles. The number of amides is 1. The van der Waals surface area contributed by atoms with Gasteiger partial charge in [-0.2, -0.15) is 0 Å². The smallest absolute Gasteiger partial charge is 0.408 e. The lowest BCUT2D eigenvalue weighted by molar-refractivity contribution is -0.145. The molecule has 3 atom stereocenters. The van der Waals surface area contributed by atoms with E-state index in [1.165, 1.54) is 14.2 Å². The lowest BCUT2D eigenvalue weighted by atomic mass is 9.99. The van der Waals surface area contributed by atoms with Crippen molar-refractivity contribution >= 4 is 19.4 Å². The van der Waals surface area contributed by atoms with E-state index in [1.807, 2.05) is 44.2 Å². The van der Waals surface area contributed by atoms with Gasteiger partial charge in [0.2, 0.25) is 7.37 Å². The van der Waals surface area contributed by atoms with Crippen LogP contribution in [0.15, 0.2) is 30.3 Å². The minimum atomic E-state index is -3.33. The van der Waals surface area contributed by atoms with E-state index in [0.717, 1.165) is 5.56 Å². The van der Waals surface area contributed by atoms with Gasteiger partial charge in [-0.3, -0.25) is 9.36 Å². The van der Waals surface area contributed by atoms with E-state index >= 15 is 0 Å². The van der Waals surface area contributed by atoms with Gasteiger partial charge in [-0.05, 0) is 24.8 Å². The monoisotopic (exact) mass is 399 g/mol. The van der Waals surface area contributed by atoms with Crippen LogP contribution in [0.3, 0.4) is 0 Å². The molecule has 0 aromatic heterocycles. The molecule has 0 saturated carbocycles. The Bertz CT molecular complexity index is 649. The SMILES string of the molecule is COC(=O)[C@@H](CC(C)C)CP(=O)(OC)[C@@H](C)NC(=O)OCc1ccccc1. The molecule has 1 amide bonds. The third kappa shape index (κ3) is 7.73. The summed E-state index contributed by atoms with van der Waals surface area (Å²) in [5, 5.41) is 2.56. The number of alkyl carbamates (subject to hydrolysis) is 1. The standard InChI is InChI=1S/C19H30NO6P/c1-14(2)11-17(18(21)24-4)13-27(23,25-5)15(3)20-19(22)26-12-16-9-7-6-8-10-16/h6-10,14-15,17H,11-13H2,1-5H3,(H,20,22)/t15-,17-,27?/m0/s1. The summed E-state index contributed by atoms with van der Waals surface area (Å²) in [7, 11) is -0.714. The van der Waals surface area contributed by atoms with Crippen molar-refractivity contribution in [3.8, 4) is 0 Å². The molecule has 0 spiro atoms. The normalized spacial score (nSPS) is 15.5. The van der Waals surface area contributed by atoms with E-state index in [4.69, 9.17) is 14.0 Å². The molecule has 1 unspecified atom stereocenters. The van der Waals surface area contributed by atoms with Gasteiger partial charge < -0.3 is 19.3 Å². The summed E-state index contributed by atoms with van der Waals surface area (Å²) in [6, 6.07) is 9.24. The fraction of sp³-hybridized carbons (Fsp3) is 0.579. The number of carbonyl (C=O) groups is 2. The molecule has 0 heterocycles. The van der Waals surface area contributed by atoms with Gasteiger partial charge in [0.05, 0.1) is 13.0 Å². The van der Waals surface area contributed by atoms with Crippen LogP contribution in [0.2, 0.25) is 0 Å². The van der Waals surface area contributed by atoms with Crippen molar-refractivity contribution in [2.75, 3.05) is 20.4 Å². The number of methoxy groups -OCH3 is 1. The van der Waals surface area contributed by atoms with Crippen LogP contribution in [-0.4, -0.2) is 38.2 Å². The van der Waals surface area contributed by atoms with Crippen molar-refractivity contribution in [3.05, 3.63) is 35.9 Å². The average Bonchev–Trinajstić information content (AvgIpc) is 2.65. The molecule has 7 nitrogen and oxygen atoms in total. The molecule has 1 aromatic rings. The third-order valence-corrected chi connectivity index (χ3v) is 7.08. The maximum Gasteiger partial charge on any atom is 0.408 e. The number of hydrogen-bond acceptors (Lipinski definition) is 6. The first kappa shape index (κ1) is 23.2. The highest BCUT2D eigenvalue weighted by atomic mass is 31.2. The second-order valence-electron chi connectivity index (χ2n) is 6.82. The van der Waals surface area contributed by atoms with Gasteiger partial charge >= 0.3 is 12.1 Å². The van der Waals surface area contributed by atoms with Crippen LogP contribution in [0.25, 0.3) is 0 Å². The Balaban J connectivity index is 2.71. The summed E-state index contributed by atoms with van der Waals surface area (Å²) < 4.78 is 28.4. The molecule has 1 rings (SSSR count). The van der Waals surface area contributed by atoms with E-state index in [2.05, 4.69) is 5.32 Å².